The minimum absolute atomic E-state index is 0.0164. The number of carbonyl (C=O) groups excluding carboxylic acids is 2. The number of halogens is 1. The van der Waals surface area contributed by atoms with Crippen molar-refractivity contribution in [2.24, 2.45) is 0 Å². The summed E-state index contributed by atoms with van der Waals surface area (Å²) in [4.78, 5) is 28.7. The van der Waals surface area contributed by atoms with Crippen molar-refractivity contribution in [3.05, 3.63) is 59.4 Å². The molecule has 6 heteroatoms. The van der Waals surface area contributed by atoms with E-state index < -0.39 is 0 Å². The standard InChI is InChI=1S/C21H21FN2O3/c22-17-7-4-15(5-8-17)13-24-18-12-16(6-9-19(18)27-14-20(24)25)21(26)23-10-2-1-3-11-23/h4-9,12H,1-3,10-11,13-14H2. The summed E-state index contributed by atoms with van der Waals surface area (Å²) in [5.74, 6) is 0.0559. The number of nitrogens with zero attached hydrogens (tertiary/aromatic N) is 2. The molecule has 0 radical (unpaired) electrons. The number of benzene rings is 2. The number of rotatable bonds is 3. The van der Waals surface area contributed by atoms with Crippen molar-refractivity contribution in [2.75, 3.05) is 24.6 Å². The fourth-order valence-corrected chi connectivity index (χ4v) is 3.56. The first-order chi connectivity index (χ1) is 13.1. The third-order valence-electron chi connectivity index (χ3n) is 5.05. The number of hydrogen-bond donors (Lipinski definition) is 0. The number of carbonyl (C=O) groups is 2. The average Bonchev–Trinajstić information content (AvgIpc) is 2.71. The SMILES string of the molecule is O=C(c1ccc2c(c1)N(Cc1ccc(F)cc1)C(=O)CO2)N1CCCCC1. The molecule has 2 aliphatic heterocycles. The number of anilines is 1. The highest BCUT2D eigenvalue weighted by Crippen LogP contribution is 2.34. The molecule has 0 N–H and O–H groups in total. The third kappa shape index (κ3) is 3.65. The molecule has 2 heterocycles. The minimum atomic E-state index is -0.318. The van der Waals surface area contributed by atoms with Crippen molar-refractivity contribution in [2.45, 2.75) is 25.8 Å². The van der Waals surface area contributed by atoms with Gasteiger partial charge in [0.1, 0.15) is 11.6 Å². The molecule has 2 aromatic carbocycles. The van der Waals surface area contributed by atoms with Crippen LogP contribution in [0, 0.1) is 5.82 Å². The van der Waals surface area contributed by atoms with Crippen LogP contribution in [0.15, 0.2) is 42.5 Å². The molecule has 4 rings (SSSR count). The van der Waals surface area contributed by atoms with E-state index in [0.29, 0.717) is 23.5 Å². The molecule has 0 atom stereocenters. The van der Waals surface area contributed by atoms with E-state index in [4.69, 9.17) is 4.74 Å². The van der Waals surface area contributed by atoms with Crippen LogP contribution in [-0.4, -0.2) is 36.4 Å². The first-order valence-electron chi connectivity index (χ1n) is 9.23. The van der Waals surface area contributed by atoms with Crippen LogP contribution in [0.1, 0.15) is 35.2 Å². The van der Waals surface area contributed by atoms with Crippen LogP contribution in [0.4, 0.5) is 10.1 Å². The molecule has 0 unspecified atom stereocenters. The molecule has 1 fully saturated rings. The number of likely N-dealkylation sites (tertiary alicyclic amines) is 1. The summed E-state index contributed by atoms with van der Waals surface area (Å²) in [6.45, 7) is 1.79. The van der Waals surface area contributed by atoms with Crippen molar-refractivity contribution in [3.63, 3.8) is 0 Å². The van der Waals surface area contributed by atoms with Crippen molar-refractivity contribution in [1.29, 1.82) is 0 Å². The van der Waals surface area contributed by atoms with Crippen LogP contribution in [0.5, 0.6) is 5.75 Å². The van der Waals surface area contributed by atoms with Crippen LogP contribution in [0.25, 0.3) is 0 Å². The van der Waals surface area contributed by atoms with E-state index in [1.54, 1.807) is 35.2 Å². The van der Waals surface area contributed by atoms with Gasteiger partial charge in [-0.1, -0.05) is 12.1 Å². The van der Waals surface area contributed by atoms with Gasteiger partial charge in [-0.25, -0.2) is 4.39 Å². The maximum absolute atomic E-state index is 13.2. The number of hydrogen-bond acceptors (Lipinski definition) is 3. The van der Waals surface area contributed by atoms with Gasteiger partial charge in [0, 0.05) is 18.7 Å². The van der Waals surface area contributed by atoms with Crippen LogP contribution in [0.3, 0.4) is 0 Å². The Kier molecular flexibility index (Phi) is 4.79. The molecule has 0 aromatic heterocycles. The van der Waals surface area contributed by atoms with E-state index >= 15 is 0 Å². The van der Waals surface area contributed by atoms with E-state index in [-0.39, 0.29) is 24.2 Å². The molecule has 0 saturated carbocycles. The lowest BCUT2D eigenvalue weighted by Crippen LogP contribution is -2.39. The molecule has 5 nitrogen and oxygen atoms in total. The van der Waals surface area contributed by atoms with Gasteiger partial charge in [-0.3, -0.25) is 9.59 Å². The Morgan fingerprint density at radius 2 is 1.78 bits per heavy atom. The Balaban J connectivity index is 1.62. The van der Waals surface area contributed by atoms with Crippen molar-refractivity contribution >= 4 is 17.5 Å². The summed E-state index contributed by atoms with van der Waals surface area (Å²) >= 11 is 0. The molecule has 2 amide bonds. The van der Waals surface area contributed by atoms with Gasteiger partial charge < -0.3 is 14.5 Å². The zero-order valence-corrected chi connectivity index (χ0v) is 15.0. The molecular formula is C21H21FN2O3. The first kappa shape index (κ1) is 17.5. The summed E-state index contributed by atoms with van der Waals surface area (Å²) in [6, 6.07) is 11.3. The number of fused-ring (bicyclic) bond motifs is 1. The van der Waals surface area contributed by atoms with E-state index in [2.05, 4.69) is 0 Å². The molecule has 2 aliphatic rings. The zero-order valence-electron chi connectivity index (χ0n) is 15.0. The fourth-order valence-electron chi connectivity index (χ4n) is 3.56. The highest BCUT2D eigenvalue weighted by molar-refractivity contribution is 6.01. The van der Waals surface area contributed by atoms with Gasteiger partial charge in [-0.05, 0) is 55.2 Å². The normalized spacial score (nSPS) is 16.7. The Morgan fingerprint density at radius 3 is 2.52 bits per heavy atom. The second-order valence-corrected chi connectivity index (χ2v) is 6.93. The summed E-state index contributed by atoms with van der Waals surface area (Å²) < 4.78 is 18.7. The van der Waals surface area contributed by atoms with Crippen LogP contribution in [0.2, 0.25) is 0 Å². The highest BCUT2D eigenvalue weighted by Gasteiger charge is 2.28. The van der Waals surface area contributed by atoms with Crippen molar-refractivity contribution in [3.8, 4) is 5.75 Å². The lowest BCUT2D eigenvalue weighted by Gasteiger charge is -2.31. The van der Waals surface area contributed by atoms with Gasteiger partial charge >= 0.3 is 0 Å². The smallest absolute Gasteiger partial charge is 0.265 e. The summed E-state index contributed by atoms with van der Waals surface area (Å²) in [5.41, 5.74) is 1.95. The second-order valence-electron chi connectivity index (χ2n) is 6.93. The molecule has 27 heavy (non-hydrogen) atoms. The molecular weight excluding hydrogens is 347 g/mol. The zero-order chi connectivity index (χ0) is 18.8. The second kappa shape index (κ2) is 7.39. The maximum atomic E-state index is 13.2. The van der Waals surface area contributed by atoms with Crippen LogP contribution >= 0.6 is 0 Å². The lowest BCUT2D eigenvalue weighted by molar-refractivity contribution is -0.121. The van der Waals surface area contributed by atoms with Crippen molar-refractivity contribution in [1.82, 2.24) is 4.90 Å². The van der Waals surface area contributed by atoms with Crippen LogP contribution < -0.4 is 9.64 Å². The van der Waals surface area contributed by atoms with Gasteiger partial charge in [0.15, 0.2) is 6.61 Å². The van der Waals surface area contributed by atoms with Gasteiger partial charge in [0.05, 0.1) is 12.2 Å². The molecule has 0 bridgehead atoms. The van der Waals surface area contributed by atoms with Gasteiger partial charge in [0.25, 0.3) is 11.8 Å². The third-order valence-corrected chi connectivity index (χ3v) is 5.05. The fraction of sp³-hybridized carbons (Fsp3) is 0.333. The molecule has 140 valence electrons. The molecule has 0 spiro atoms. The summed E-state index contributed by atoms with van der Waals surface area (Å²) in [7, 11) is 0. The number of amides is 2. The van der Waals surface area contributed by atoms with Crippen molar-refractivity contribution < 1.29 is 18.7 Å². The quantitative estimate of drug-likeness (QED) is 0.835. The predicted molar refractivity (Wildman–Crippen MR) is 99.3 cm³/mol. The van der Waals surface area contributed by atoms with E-state index in [9.17, 15) is 14.0 Å². The van der Waals surface area contributed by atoms with Gasteiger partial charge in [-0.15, -0.1) is 0 Å². The Hall–Kier alpha value is -2.89. The Bertz CT molecular complexity index is 860. The number of ether oxygens (including phenoxy) is 1. The predicted octanol–water partition coefficient (Wildman–Crippen LogP) is 3.38. The van der Waals surface area contributed by atoms with Gasteiger partial charge in [-0.2, -0.15) is 0 Å². The summed E-state index contributed by atoms with van der Waals surface area (Å²) in [5, 5.41) is 0. The molecule has 0 aliphatic carbocycles. The average molecular weight is 368 g/mol. The topological polar surface area (TPSA) is 49.9 Å². The largest absolute Gasteiger partial charge is 0.482 e. The van der Waals surface area contributed by atoms with Crippen LogP contribution in [-0.2, 0) is 11.3 Å². The highest BCUT2D eigenvalue weighted by atomic mass is 19.1. The Morgan fingerprint density at radius 1 is 1.04 bits per heavy atom. The summed E-state index contributed by atoms with van der Waals surface area (Å²) in [6.07, 6.45) is 3.20. The monoisotopic (exact) mass is 368 g/mol. The van der Waals surface area contributed by atoms with E-state index in [1.165, 1.54) is 12.1 Å². The minimum Gasteiger partial charge on any atom is -0.482 e. The Labute approximate surface area is 157 Å². The maximum Gasteiger partial charge on any atom is 0.265 e. The molecule has 1 saturated heterocycles. The van der Waals surface area contributed by atoms with E-state index in [0.717, 1.165) is 37.9 Å². The molecule has 2 aromatic rings. The van der Waals surface area contributed by atoms with Gasteiger partial charge in [0.2, 0.25) is 0 Å². The van der Waals surface area contributed by atoms with E-state index in [1.807, 2.05) is 4.90 Å². The number of piperidine rings is 1. The lowest BCUT2D eigenvalue weighted by atomic mass is 10.1. The first-order valence-corrected chi connectivity index (χ1v) is 9.23.